The molecule has 0 heterocycles. The molecular weight excluding hydrogens is 296 g/mol. The van der Waals surface area contributed by atoms with E-state index in [9.17, 15) is 5.11 Å². The van der Waals surface area contributed by atoms with Crippen molar-refractivity contribution in [3.63, 3.8) is 0 Å². The van der Waals surface area contributed by atoms with Gasteiger partial charge in [-0.15, -0.1) is 6.58 Å². The Morgan fingerprint density at radius 1 is 1.50 bits per heavy atom. The SMILES string of the molecule is C=CC[C@H](CO)[C@@H](O)COCC1(Br)C=CC=CC1. The van der Waals surface area contributed by atoms with Crippen molar-refractivity contribution < 1.29 is 14.9 Å². The highest BCUT2D eigenvalue weighted by molar-refractivity contribution is 9.10. The molecule has 0 saturated carbocycles. The van der Waals surface area contributed by atoms with Crippen LogP contribution in [0.5, 0.6) is 0 Å². The molecule has 0 saturated heterocycles. The lowest BCUT2D eigenvalue weighted by Gasteiger charge is -2.26. The molecule has 0 aromatic carbocycles. The summed E-state index contributed by atoms with van der Waals surface area (Å²) in [5.41, 5.74) is 0. The summed E-state index contributed by atoms with van der Waals surface area (Å²) >= 11 is 3.62. The predicted molar refractivity (Wildman–Crippen MR) is 76.8 cm³/mol. The minimum Gasteiger partial charge on any atom is -0.396 e. The van der Waals surface area contributed by atoms with Crippen LogP contribution in [0.3, 0.4) is 0 Å². The van der Waals surface area contributed by atoms with Crippen molar-refractivity contribution in [2.75, 3.05) is 19.8 Å². The molecule has 3 nitrogen and oxygen atoms in total. The Balaban J connectivity index is 2.30. The Bertz CT molecular complexity index is 314. The molecule has 18 heavy (non-hydrogen) atoms. The molecule has 1 rings (SSSR count). The first-order valence-corrected chi connectivity index (χ1v) is 6.91. The number of rotatable bonds is 8. The fourth-order valence-electron chi connectivity index (χ4n) is 1.80. The highest BCUT2D eigenvalue weighted by Crippen LogP contribution is 2.28. The second-order valence-corrected chi connectivity index (χ2v) is 6.15. The van der Waals surface area contributed by atoms with Gasteiger partial charge in [0, 0.05) is 12.5 Å². The first kappa shape index (κ1) is 15.6. The molecule has 0 spiro atoms. The van der Waals surface area contributed by atoms with Gasteiger partial charge in [0.15, 0.2) is 0 Å². The van der Waals surface area contributed by atoms with Crippen molar-refractivity contribution >= 4 is 15.9 Å². The Hall–Kier alpha value is -0.420. The van der Waals surface area contributed by atoms with Crippen LogP contribution in [0.1, 0.15) is 12.8 Å². The summed E-state index contributed by atoms with van der Waals surface area (Å²) in [7, 11) is 0. The highest BCUT2D eigenvalue weighted by atomic mass is 79.9. The van der Waals surface area contributed by atoms with E-state index in [1.807, 2.05) is 18.2 Å². The quantitative estimate of drug-likeness (QED) is 0.533. The van der Waals surface area contributed by atoms with Gasteiger partial charge in [-0.1, -0.05) is 46.3 Å². The van der Waals surface area contributed by atoms with Gasteiger partial charge in [-0.2, -0.15) is 0 Å². The van der Waals surface area contributed by atoms with Gasteiger partial charge in [0.1, 0.15) is 0 Å². The fourth-order valence-corrected chi connectivity index (χ4v) is 2.30. The number of aliphatic hydroxyl groups excluding tert-OH is 2. The van der Waals surface area contributed by atoms with Gasteiger partial charge in [-0.25, -0.2) is 0 Å². The molecule has 102 valence electrons. The number of hydrogen-bond donors (Lipinski definition) is 2. The van der Waals surface area contributed by atoms with E-state index in [1.165, 1.54) is 0 Å². The van der Waals surface area contributed by atoms with Crippen molar-refractivity contribution in [3.8, 4) is 0 Å². The zero-order valence-electron chi connectivity index (χ0n) is 10.5. The standard InChI is InChI=1S/C14H21BrO3/c1-2-6-12(9-16)13(17)10-18-11-14(15)7-4-3-5-8-14/h2-5,7,12-13,16-17H,1,6,8-11H2/t12-,13+,14?/m1/s1. The van der Waals surface area contributed by atoms with Crippen LogP contribution in [0.25, 0.3) is 0 Å². The Morgan fingerprint density at radius 2 is 2.28 bits per heavy atom. The average Bonchev–Trinajstić information content (AvgIpc) is 2.36. The van der Waals surface area contributed by atoms with Gasteiger partial charge in [0.2, 0.25) is 0 Å². The van der Waals surface area contributed by atoms with Gasteiger partial charge < -0.3 is 14.9 Å². The van der Waals surface area contributed by atoms with Crippen molar-refractivity contribution in [1.29, 1.82) is 0 Å². The molecule has 0 bridgehead atoms. The zero-order valence-corrected chi connectivity index (χ0v) is 12.1. The Morgan fingerprint density at radius 3 is 2.83 bits per heavy atom. The van der Waals surface area contributed by atoms with E-state index < -0.39 is 6.10 Å². The zero-order chi connectivity index (χ0) is 13.4. The van der Waals surface area contributed by atoms with Crippen LogP contribution in [-0.4, -0.2) is 40.5 Å². The average molecular weight is 317 g/mol. The molecule has 2 N–H and O–H groups in total. The van der Waals surface area contributed by atoms with Crippen LogP contribution in [0.4, 0.5) is 0 Å². The van der Waals surface area contributed by atoms with Gasteiger partial charge in [-0.05, 0) is 12.8 Å². The molecule has 4 heteroatoms. The van der Waals surface area contributed by atoms with E-state index in [2.05, 4.69) is 28.6 Å². The van der Waals surface area contributed by atoms with E-state index in [1.54, 1.807) is 6.08 Å². The maximum Gasteiger partial charge on any atom is 0.0826 e. The van der Waals surface area contributed by atoms with Crippen LogP contribution in [0.2, 0.25) is 0 Å². The molecule has 0 amide bonds. The summed E-state index contributed by atoms with van der Waals surface area (Å²) in [5, 5.41) is 19.0. The van der Waals surface area contributed by atoms with Gasteiger partial charge in [-0.3, -0.25) is 0 Å². The second-order valence-electron chi connectivity index (χ2n) is 4.58. The molecule has 1 aliphatic rings. The monoisotopic (exact) mass is 316 g/mol. The minimum atomic E-state index is -0.660. The van der Waals surface area contributed by atoms with E-state index >= 15 is 0 Å². The maximum absolute atomic E-state index is 9.87. The number of halogens is 1. The van der Waals surface area contributed by atoms with Crippen LogP contribution in [0.15, 0.2) is 37.0 Å². The number of aliphatic hydroxyl groups is 2. The molecule has 0 aromatic heterocycles. The molecule has 0 aromatic rings. The number of ether oxygens (including phenoxy) is 1. The number of alkyl halides is 1. The largest absolute Gasteiger partial charge is 0.396 e. The summed E-state index contributed by atoms with van der Waals surface area (Å²) < 4.78 is 5.37. The lowest BCUT2D eigenvalue weighted by atomic mass is 10.00. The number of hydrogen-bond acceptors (Lipinski definition) is 3. The van der Waals surface area contributed by atoms with Gasteiger partial charge >= 0.3 is 0 Å². The molecule has 0 fully saturated rings. The highest BCUT2D eigenvalue weighted by Gasteiger charge is 2.25. The maximum atomic E-state index is 9.87. The van der Waals surface area contributed by atoms with Crippen LogP contribution < -0.4 is 0 Å². The van der Waals surface area contributed by atoms with E-state index in [0.29, 0.717) is 13.0 Å². The number of allylic oxidation sites excluding steroid dienone is 4. The summed E-state index contributed by atoms with van der Waals surface area (Å²) in [6.07, 6.45) is 10.6. The smallest absolute Gasteiger partial charge is 0.0826 e. The van der Waals surface area contributed by atoms with Crippen LogP contribution in [0, 0.1) is 5.92 Å². The van der Waals surface area contributed by atoms with E-state index in [0.717, 1.165) is 6.42 Å². The lowest BCUT2D eigenvalue weighted by Crippen LogP contribution is -2.32. The predicted octanol–water partition coefficient (Wildman–Crippen LogP) is 2.20. The summed E-state index contributed by atoms with van der Waals surface area (Å²) in [6.45, 7) is 4.27. The van der Waals surface area contributed by atoms with Gasteiger partial charge in [0.25, 0.3) is 0 Å². The van der Waals surface area contributed by atoms with Gasteiger partial charge in [0.05, 0.1) is 23.6 Å². The van der Waals surface area contributed by atoms with Crippen molar-refractivity contribution in [2.45, 2.75) is 23.3 Å². The van der Waals surface area contributed by atoms with Crippen LogP contribution >= 0.6 is 15.9 Å². The lowest BCUT2D eigenvalue weighted by molar-refractivity contribution is -0.0122. The summed E-state index contributed by atoms with van der Waals surface area (Å²) in [4.78, 5) is 0. The van der Waals surface area contributed by atoms with Crippen molar-refractivity contribution in [2.24, 2.45) is 5.92 Å². The van der Waals surface area contributed by atoms with E-state index in [4.69, 9.17) is 9.84 Å². The molecule has 0 radical (unpaired) electrons. The van der Waals surface area contributed by atoms with Crippen molar-refractivity contribution in [1.82, 2.24) is 0 Å². The third kappa shape index (κ3) is 5.06. The van der Waals surface area contributed by atoms with Crippen molar-refractivity contribution in [3.05, 3.63) is 37.0 Å². The summed E-state index contributed by atoms with van der Waals surface area (Å²) in [6, 6.07) is 0. The molecule has 1 unspecified atom stereocenters. The molecular formula is C14H21BrO3. The molecule has 3 atom stereocenters. The topological polar surface area (TPSA) is 49.7 Å². The normalized spacial score (nSPS) is 25.9. The molecule has 1 aliphatic carbocycles. The van der Waals surface area contributed by atoms with E-state index in [-0.39, 0.29) is 23.5 Å². The van der Waals surface area contributed by atoms with Crippen LogP contribution in [-0.2, 0) is 4.74 Å². The fraction of sp³-hybridized carbons (Fsp3) is 0.571. The second kappa shape index (κ2) is 7.89. The Kier molecular flexibility index (Phi) is 6.86. The third-order valence-corrected chi connectivity index (χ3v) is 3.79. The third-order valence-electron chi connectivity index (χ3n) is 2.98. The molecule has 0 aliphatic heterocycles. The Labute approximate surface area is 117 Å². The summed E-state index contributed by atoms with van der Waals surface area (Å²) in [5.74, 6) is -0.199. The minimum absolute atomic E-state index is 0.0569. The first-order chi connectivity index (χ1) is 8.61. The first-order valence-electron chi connectivity index (χ1n) is 6.12.